The minimum absolute atomic E-state index is 0.00954. The number of nitrogens with one attached hydrogen (secondary N) is 3. The fraction of sp³-hybridized carbons (Fsp3) is 0.286. The molecule has 0 fully saturated rings. The SMILES string of the molecule is CC(=O)NNC(=O)C[C@H]1COc2cc(F)ccc2N1Cc1cc(Cl)c2c(c1)NC(=O)CO2. The molecular formula is C21H20ClFN4O5. The van der Waals surface area contributed by atoms with Crippen LogP contribution in [0.5, 0.6) is 11.5 Å². The molecule has 0 saturated carbocycles. The summed E-state index contributed by atoms with van der Waals surface area (Å²) in [5.74, 6) is -0.792. The van der Waals surface area contributed by atoms with Gasteiger partial charge in [0.15, 0.2) is 12.4 Å². The first-order chi connectivity index (χ1) is 15.3. The Labute approximate surface area is 187 Å². The van der Waals surface area contributed by atoms with Gasteiger partial charge in [-0.25, -0.2) is 4.39 Å². The molecule has 9 nitrogen and oxygen atoms in total. The Balaban J connectivity index is 1.62. The van der Waals surface area contributed by atoms with Crippen LogP contribution in [0, 0.1) is 5.82 Å². The van der Waals surface area contributed by atoms with Gasteiger partial charge in [0.25, 0.3) is 5.91 Å². The molecule has 3 amide bonds. The number of halogens is 2. The van der Waals surface area contributed by atoms with Crippen LogP contribution in [0.1, 0.15) is 18.9 Å². The van der Waals surface area contributed by atoms with Crippen molar-refractivity contribution >= 4 is 40.7 Å². The summed E-state index contributed by atoms with van der Waals surface area (Å²) in [5.41, 5.74) is 6.38. The number of carbonyl (C=O) groups is 3. The van der Waals surface area contributed by atoms with Crippen LogP contribution < -0.4 is 30.5 Å². The van der Waals surface area contributed by atoms with Crippen molar-refractivity contribution in [1.82, 2.24) is 10.9 Å². The number of anilines is 2. The molecule has 2 heterocycles. The second-order valence-corrected chi connectivity index (χ2v) is 7.84. The molecule has 2 aliphatic heterocycles. The Morgan fingerprint density at radius 2 is 2.06 bits per heavy atom. The zero-order valence-electron chi connectivity index (χ0n) is 17.0. The predicted molar refractivity (Wildman–Crippen MR) is 114 cm³/mol. The molecule has 2 aromatic carbocycles. The molecule has 3 N–H and O–H groups in total. The topological polar surface area (TPSA) is 109 Å². The van der Waals surface area contributed by atoms with Gasteiger partial charge in [-0.1, -0.05) is 11.6 Å². The van der Waals surface area contributed by atoms with E-state index in [9.17, 15) is 18.8 Å². The molecule has 168 valence electrons. The van der Waals surface area contributed by atoms with E-state index in [2.05, 4.69) is 16.2 Å². The average Bonchev–Trinajstić information content (AvgIpc) is 2.73. The van der Waals surface area contributed by atoms with Gasteiger partial charge in [0.05, 0.1) is 28.9 Å². The largest absolute Gasteiger partial charge is 0.489 e. The highest BCUT2D eigenvalue weighted by atomic mass is 35.5. The van der Waals surface area contributed by atoms with Gasteiger partial charge in [-0.15, -0.1) is 0 Å². The van der Waals surface area contributed by atoms with Crippen molar-refractivity contribution in [3.05, 3.63) is 46.7 Å². The smallest absolute Gasteiger partial charge is 0.262 e. The molecule has 0 bridgehead atoms. The second-order valence-electron chi connectivity index (χ2n) is 7.43. The molecule has 0 radical (unpaired) electrons. The van der Waals surface area contributed by atoms with E-state index in [1.54, 1.807) is 18.2 Å². The lowest BCUT2D eigenvalue weighted by Gasteiger charge is -2.38. The Bertz CT molecular complexity index is 1100. The normalized spacial score (nSPS) is 16.7. The summed E-state index contributed by atoms with van der Waals surface area (Å²) >= 11 is 6.35. The van der Waals surface area contributed by atoms with Crippen LogP contribution in [-0.4, -0.2) is 37.0 Å². The van der Waals surface area contributed by atoms with Crippen molar-refractivity contribution in [3.8, 4) is 11.5 Å². The number of hydrazine groups is 1. The van der Waals surface area contributed by atoms with E-state index < -0.39 is 23.7 Å². The summed E-state index contributed by atoms with van der Waals surface area (Å²) < 4.78 is 24.8. The van der Waals surface area contributed by atoms with Crippen molar-refractivity contribution in [2.75, 3.05) is 23.4 Å². The predicted octanol–water partition coefficient (Wildman–Crippen LogP) is 2.13. The quantitative estimate of drug-likeness (QED) is 0.601. The van der Waals surface area contributed by atoms with Crippen molar-refractivity contribution < 1.29 is 28.2 Å². The number of benzene rings is 2. The standard InChI is InChI=1S/C21H20ClFN4O5/c1-11(28)25-26-19(29)7-14-9-31-18-6-13(23)2-3-17(18)27(14)8-12-4-15(22)21-16(5-12)24-20(30)10-32-21/h2-6,14H,7-10H2,1H3,(H,24,30)(H,25,28)(H,26,29)/t14-/m0/s1. The Morgan fingerprint density at radius 3 is 2.84 bits per heavy atom. The number of carbonyl (C=O) groups excluding carboxylic acids is 3. The first-order valence-electron chi connectivity index (χ1n) is 9.79. The third kappa shape index (κ3) is 4.70. The van der Waals surface area contributed by atoms with Crippen LogP contribution >= 0.6 is 11.6 Å². The van der Waals surface area contributed by atoms with Crippen molar-refractivity contribution in [3.63, 3.8) is 0 Å². The van der Waals surface area contributed by atoms with Crippen LogP contribution in [0.3, 0.4) is 0 Å². The van der Waals surface area contributed by atoms with Crippen LogP contribution in [0.2, 0.25) is 5.02 Å². The molecule has 0 spiro atoms. The maximum absolute atomic E-state index is 13.7. The van der Waals surface area contributed by atoms with E-state index >= 15 is 0 Å². The van der Waals surface area contributed by atoms with Crippen LogP contribution in [0.25, 0.3) is 0 Å². The van der Waals surface area contributed by atoms with Gasteiger partial charge < -0.3 is 19.7 Å². The molecule has 0 unspecified atom stereocenters. The Morgan fingerprint density at radius 1 is 1.25 bits per heavy atom. The van der Waals surface area contributed by atoms with Crippen LogP contribution in [-0.2, 0) is 20.9 Å². The second kappa shape index (κ2) is 8.91. The highest BCUT2D eigenvalue weighted by molar-refractivity contribution is 6.33. The molecule has 11 heteroatoms. The van der Waals surface area contributed by atoms with Gasteiger partial charge in [-0.05, 0) is 29.8 Å². The van der Waals surface area contributed by atoms with E-state index in [-0.39, 0.29) is 25.5 Å². The number of fused-ring (bicyclic) bond motifs is 2. The molecule has 2 aliphatic rings. The van der Waals surface area contributed by atoms with E-state index in [1.165, 1.54) is 19.1 Å². The number of hydrogen-bond donors (Lipinski definition) is 3. The van der Waals surface area contributed by atoms with Crippen molar-refractivity contribution in [2.45, 2.75) is 25.9 Å². The number of nitrogens with zero attached hydrogens (tertiary/aromatic N) is 1. The maximum atomic E-state index is 13.7. The summed E-state index contributed by atoms with van der Waals surface area (Å²) in [7, 11) is 0. The molecule has 1 atom stereocenters. The van der Waals surface area contributed by atoms with Crippen LogP contribution in [0.4, 0.5) is 15.8 Å². The lowest BCUT2D eigenvalue weighted by atomic mass is 10.1. The minimum atomic E-state index is -0.442. The summed E-state index contributed by atoms with van der Waals surface area (Å²) in [4.78, 5) is 37.0. The van der Waals surface area contributed by atoms with Gasteiger partial charge >= 0.3 is 0 Å². The van der Waals surface area contributed by atoms with E-state index in [0.717, 1.165) is 5.56 Å². The van der Waals surface area contributed by atoms with Gasteiger partial charge in [-0.2, -0.15) is 0 Å². The molecule has 2 aromatic rings. The molecular weight excluding hydrogens is 443 g/mol. The highest BCUT2D eigenvalue weighted by Crippen LogP contribution is 2.40. The number of amides is 3. The Kier molecular flexibility index (Phi) is 6.04. The summed E-state index contributed by atoms with van der Waals surface area (Å²) in [6.45, 7) is 1.59. The third-order valence-corrected chi connectivity index (χ3v) is 5.26. The molecule has 0 aromatic heterocycles. The zero-order valence-corrected chi connectivity index (χ0v) is 17.8. The number of ether oxygens (including phenoxy) is 2. The lowest BCUT2D eigenvalue weighted by molar-refractivity contribution is -0.128. The zero-order chi connectivity index (χ0) is 22.8. The molecule has 0 aliphatic carbocycles. The summed E-state index contributed by atoms with van der Waals surface area (Å²) in [6, 6.07) is 7.21. The van der Waals surface area contributed by atoms with Gasteiger partial charge in [-0.3, -0.25) is 25.2 Å². The summed E-state index contributed by atoms with van der Waals surface area (Å²) in [6.07, 6.45) is 0.00954. The Hall–Kier alpha value is -3.53. The maximum Gasteiger partial charge on any atom is 0.262 e. The van der Waals surface area contributed by atoms with Gasteiger partial charge in [0.2, 0.25) is 11.8 Å². The summed E-state index contributed by atoms with van der Waals surface area (Å²) in [5, 5.41) is 3.07. The number of hydrogen-bond acceptors (Lipinski definition) is 6. The fourth-order valence-electron chi connectivity index (χ4n) is 3.62. The first kappa shape index (κ1) is 21.7. The highest BCUT2D eigenvalue weighted by Gasteiger charge is 2.31. The average molecular weight is 463 g/mol. The van der Waals surface area contributed by atoms with Gasteiger partial charge in [0.1, 0.15) is 18.2 Å². The van der Waals surface area contributed by atoms with Gasteiger partial charge in [0, 0.05) is 19.5 Å². The molecule has 0 saturated heterocycles. The van der Waals surface area contributed by atoms with Crippen LogP contribution in [0.15, 0.2) is 30.3 Å². The van der Waals surface area contributed by atoms with E-state index in [4.69, 9.17) is 21.1 Å². The minimum Gasteiger partial charge on any atom is -0.489 e. The number of rotatable bonds is 4. The molecule has 32 heavy (non-hydrogen) atoms. The van der Waals surface area contributed by atoms with Crippen molar-refractivity contribution in [1.29, 1.82) is 0 Å². The monoisotopic (exact) mass is 462 g/mol. The molecule has 4 rings (SSSR count). The van der Waals surface area contributed by atoms with E-state index in [0.29, 0.717) is 34.4 Å². The fourth-order valence-corrected chi connectivity index (χ4v) is 3.92. The third-order valence-electron chi connectivity index (χ3n) is 4.98. The first-order valence-corrected chi connectivity index (χ1v) is 10.2. The van der Waals surface area contributed by atoms with E-state index in [1.807, 2.05) is 4.90 Å². The lowest BCUT2D eigenvalue weighted by Crippen LogP contribution is -2.48. The van der Waals surface area contributed by atoms with Crippen molar-refractivity contribution in [2.24, 2.45) is 0 Å².